The third-order valence-electron chi connectivity index (χ3n) is 3.14. The van der Waals surface area contributed by atoms with E-state index in [1.807, 2.05) is 6.08 Å². The highest BCUT2D eigenvalue weighted by molar-refractivity contribution is 5.81. The molecule has 2 aromatic rings. The molecule has 0 saturated carbocycles. The smallest absolute Gasteiger partial charge is 0.0482 e. The number of allylic oxidation sites excluding steroid dienone is 1. The van der Waals surface area contributed by atoms with Crippen LogP contribution in [0.1, 0.15) is 24.1 Å². The van der Waals surface area contributed by atoms with Crippen molar-refractivity contribution in [3.05, 3.63) is 48.2 Å². The number of nitrogens with zero attached hydrogens (tertiary/aromatic N) is 1. The molecule has 0 radical (unpaired) electrons. The maximum atomic E-state index is 3.76. The number of rotatable bonds is 4. The fourth-order valence-electron chi connectivity index (χ4n) is 2.16. The lowest BCUT2D eigenvalue weighted by Crippen LogP contribution is -1.95. The van der Waals surface area contributed by atoms with Crippen LogP contribution in [0.2, 0.25) is 0 Å². The molecule has 0 unspecified atom stereocenters. The Kier molecular flexibility index (Phi) is 3.14. The van der Waals surface area contributed by atoms with Crippen LogP contribution in [0.25, 0.3) is 10.9 Å². The van der Waals surface area contributed by atoms with Crippen molar-refractivity contribution in [1.82, 2.24) is 4.57 Å². The maximum absolute atomic E-state index is 3.76. The molecular weight excluding hydrogens is 194 g/mol. The Morgan fingerprint density at radius 3 is 2.88 bits per heavy atom. The van der Waals surface area contributed by atoms with Gasteiger partial charge in [-0.1, -0.05) is 18.2 Å². The lowest BCUT2D eigenvalue weighted by atomic mass is 10.1. The molecule has 2 rings (SSSR count). The van der Waals surface area contributed by atoms with Crippen LogP contribution in [-0.4, -0.2) is 4.57 Å². The highest BCUT2D eigenvalue weighted by Crippen LogP contribution is 2.21. The van der Waals surface area contributed by atoms with E-state index in [0.717, 1.165) is 12.8 Å². The SMILES string of the molecule is C=CCCCc1cc2ccc(C)cc2n1C. The van der Waals surface area contributed by atoms with Crippen LogP contribution in [-0.2, 0) is 13.5 Å². The Morgan fingerprint density at radius 1 is 1.31 bits per heavy atom. The van der Waals surface area contributed by atoms with E-state index in [4.69, 9.17) is 0 Å². The Hall–Kier alpha value is -1.50. The van der Waals surface area contributed by atoms with Gasteiger partial charge < -0.3 is 4.57 Å². The summed E-state index contributed by atoms with van der Waals surface area (Å²) in [5.74, 6) is 0. The summed E-state index contributed by atoms with van der Waals surface area (Å²) in [5, 5.41) is 1.35. The topological polar surface area (TPSA) is 4.93 Å². The molecule has 1 aromatic heterocycles. The Morgan fingerprint density at radius 2 is 2.12 bits per heavy atom. The van der Waals surface area contributed by atoms with Crippen LogP contribution in [0.4, 0.5) is 0 Å². The molecule has 0 N–H and O–H groups in total. The van der Waals surface area contributed by atoms with Gasteiger partial charge in [-0.05, 0) is 49.3 Å². The van der Waals surface area contributed by atoms with E-state index in [2.05, 4.69) is 49.4 Å². The number of fused-ring (bicyclic) bond motifs is 1. The van der Waals surface area contributed by atoms with Gasteiger partial charge in [0.15, 0.2) is 0 Å². The molecule has 1 heteroatoms. The molecule has 0 aliphatic rings. The van der Waals surface area contributed by atoms with Crippen LogP contribution >= 0.6 is 0 Å². The predicted octanol–water partition coefficient (Wildman–Crippen LogP) is 4.00. The Labute approximate surface area is 97.4 Å². The summed E-state index contributed by atoms with van der Waals surface area (Å²) in [6.45, 7) is 5.90. The van der Waals surface area contributed by atoms with E-state index < -0.39 is 0 Å². The second kappa shape index (κ2) is 4.56. The van der Waals surface area contributed by atoms with Gasteiger partial charge in [-0.3, -0.25) is 0 Å². The van der Waals surface area contributed by atoms with Gasteiger partial charge in [0.05, 0.1) is 0 Å². The number of hydrogen-bond donors (Lipinski definition) is 0. The van der Waals surface area contributed by atoms with Crippen molar-refractivity contribution in [3.63, 3.8) is 0 Å². The van der Waals surface area contributed by atoms with Gasteiger partial charge in [-0.25, -0.2) is 0 Å². The third kappa shape index (κ3) is 2.04. The minimum absolute atomic E-state index is 1.10. The third-order valence-corrected chi connectivity index (χ3v) is 3.14. The van der Waals surface area contributed by atoms with Gasteiger partial charge in [-0.2, -0.15) is 0 Å². The number of aryl methyl sites for hydroxylation is 3. The number of hydrogen-bond acceptors (Lipinski definition) is 0. The molecule has 0 bridgehead atoms. The van der Waals surface area contributed by atoms with Crippen molar-refractivity contribution in [3.8, 4) is 0 Å². The molecule has 0 atom stereocenters. The zero-order valence-corrected chi connectivity index (χ0v) is 10.2. The summed E-state index contributed by atoms with van der Waals surface area (Å²) in [5.41, 5.74) is 4.09. The largest absolute Gasteiger partial charge is 0.348 e. The minimum atomic E-state index is 1.10. The summed E-state index contributed by atoms with van der Waals surface area (Å²) in [6.07, 6.45) is 5.41. The summed E-state index contributed by atoms with van der Waals surface area (Å²) >= 11 is 0. The van der Waals surface area contributed by atoms with Gasteiger partial charge in [-0.15, -0.1) is 6.58 Å². The first-order chi connectivity index (χ1) is 7.72. The molecule has 0 fully saturated rings. The van der Waals surface area contributed by atoms with Crippen LogP contribution in [0.3, 0.4) is 0 Å². The van der Waals surface area contributed by atoms with Crippen molar-refractivity contribution in [2.75, 3.05) is 0 Å². The van der Waals surface area contributed by atoms with Crippen molar-refractivity contribution in [2.24, 2.45) is 7.05 Å². The second-order valence-electron chi connectivity index (χ2n) is 4.44. The Bertz CT molecular complexity index is 505. The molecule has 1 nitrogen and oxygen atoms in total. The van der Waals surface area contributed by atoms with Gasteiger partial charge in [0.25, 0.3) is 0 Å². The van der Waals surface area contributed by atoms with Crippen molar-refractivity contribution in [1.29, 1.82) is 0 Å². The summed E-state index contributed by atoms with van der Waals surface area (Å²) in [4.78, 5) is 0. The van der Waals surface area contributed by atoms with Gasteiger partial charge in [0, 0.05) is 18.3 Å². The van der Waals surface area contributed by atoms with E-state index in [9.17, 15) is 0 Å². The monoisotopic (exact) mass is 213 g/mol. The summed E-state index contributed by atoms with van der Waals surface area (Å²) in [7, 11) is 2.16. The number of unbranched alkanes of at least 4 members (excludes halogenated alkanes) is 1. The van der Waals surface area contributed by atoms with E-state index in [-0.39, 0.29) is 0 Å². The first kappa shape index (κ1) is 11.0. The van der Waals surface area contributed by atoms with E-state index in [1.54, 1.807) is 0 Å². The average molecular weight is 213 g/mol. The predicted molar refractivity (Wildman–Crippen MR) is 70.8 cm³/mol. The van der Waals surface area contributed by atoms with E-state index >= 15 is 0 Å². The molecular formula is C15H19N. The molecule has 0 spiro atoms. The molecule has 0 aliphatic heterocycles. The fourth-order valence-corrected chi connectivity index (χ4v) is 2.16. The molecule has 0 saturated heterocycles. The van der Waals surface area contributed by atoms with Crippen molar-refractivity contribution < 1.29 is 0 Å². The minimum Gasteiger partial charge on any atom is -0.348 e. The summed E-state index contributed by atoms with van der Waals surface area (Å²) < 4.78 is 2.31. The highest BCUT2D eigenvalue weighted by Gasteiger charge is 2.04. The van der Waals surface area contributed by atoms with Crippen LogP contribution in [0.5, 0.6) is 0 Å². The van der Waals surface area contributed by atoms with Crippen LogP contribution < -0.4 is 0 Å². The zero-order valence-electron chi connectivity index (χ0n) is 10.2. The van der Waals surface area contributed by atoms with E-state index in [0.29, 0.717) is 0 Å². The fraction of sp³-hybridized carbons (Fsp3) is 0.333. The van der Waals surface area contributed by atoms with Gasteiger partial charge in [0.1, 0.15) is 0 Å². The number of aromatic nitrogens is 1. The first-order valence-electron chi connectivity index (χ1n) is 5.88. The van der Waals surface area contributed by atoms with Crippen LogP contribution in [0, 0.1) is 6.92 Å². The van der Waals surface area contributed by atoms with E-state index in [1.165, 1.54) is 28.6 Å². The standard InChI is InChI=1S/C15H19N/c1-4-5-6-7-14-11-13-9-8-12(2)10-15(13)16(14)3/h4,8-11H,1,5-7H2,2-3H3. The molecule has 0 aliphatic carbocycles. The maximum Gasteiger partial charge on any atom is 0.0482 e. The quantitative estimate of drug-likeness (QED) is 0.534. The molecule has 1 heterocycles. The lowest BCUT2D eigenvalue weighted by molar-refractivity contribution is 0.770. The van der Waals surface area contributed by atoms with Crippen LogP contribution in [0.15, 0.2) is 36.9 Å². The lowest BCUT2D eigenvalue weighted by Gasteiger charge is -2.03. The second-order valence-corrected chi connectivity index (χ2v) is 4.44. The van der Waals surface area contributed by atoms with Gasteiger partial charge >= 0.3 is 0 Å². The Balaban J connectivity index is 2.32. The zero-order chi connectivity index (χ0) is 11.5. The molecule has 1 aromatic carbocycles. The van der Waals surface area contributed by atoms with Gasteiger partial charge in [0.2, 0.25) is 0 Å². The van der Waals surface area contributed by atoms with Crippen molar-refractivity contribution >= 4 is 10.9 Å². The first-order valence-corrected chi connectivity index (χ1v) is 5.88. The molecule has 16 heavy (non-hydrogen) atoms. The molecule has 84 valence electrons. The normalized spacial score (nSPS) is 10.9. The molecule has 0 amide bonds. The highest BCUT2D eigenvalue weighted by atomic mass is 14.9. The summed E-state index contributed by atoms with van der Waals surface area (Å²) in [6, 6.07) is 8.95. The average Bonchev–Trinajstić information content (AvgIpc) is 2.57. The van der Waals surface area contributed by atoms with Crippen molar-refractivity contribution in [2.45, 2.75) is 26.2 Å². The number of benzene rings is 1.